The maximum atomic E-state index is 12.1. The average Bonchev–Trinajstić information content (AvgIpc) is 2.40. The molecule has 0 radical (unpaired) electrons. The molecule has 0 amide bonds. The molecule has 0 aromatic rings. The summed E-state index contributed by atoms with van der Waals surface area (Å²) in [5.74, 6) is -1.60. The van der Waals surface area contributed by atoms with E-state index in [1.807, 2.05) is 0 Å². The first-order chi connectivity index (χ1) is 9.75. The van der Waals surface area contributed by atoms with Crippen LogP contribution in [-0.2, 0) is 24.3 Å². The topological polar surface area (TPSA) is 101 Å². The number of carbonyl (C=O) groups is 2. The van der Waals surface area contributed by atoms with E-state index in [9.17, 15) is 23.1 Å². The van der Waals surface area contributed by atoms with Gasteiger partial charge >= 0.3 is 5.97 Å². The SMILES string of the molecule is CS(=O)(=O)N1CCCC(CC2(C(=O)O)COCCC2=O)C1. The first kappa shape index (κ1) is 16.4. The van der Waals surface area contributed by atoms with Crippen LogP contribution in [0.5, 0.6) is 0 Å². The molecule has 21 heavy (non-hydrogen) atoms. The van der Waals surface area contributed by atoms with Gasteiger partial charge in [0, 0.05) is 19.5 Å². The molecule has 2 fully saturated rings. The van der Waals surface area contributed by atoms with Crippen molar-refractivity contribution in [1.82, 2.24) is 4.31 Å². The first-order valence-electron chi connectivity index (χ1n) is 7.05. The molecule has 2 aliphatic heterocycles. The standard InChI is InChI=1S/C13H21NO6S/c1-21(18,19)14-5-2-3-10(8-14)7-13(12(16)17)9-20-6-4-11(13)15/h10H,2-9H2,1H3,(H,16,17). The molecule has 2 unspecified atom stereocenters. The lowest BCUT2D eigenvalue weighted by molar-refractivity contribution is -0.166. The van der Waals surface area contributed by atoms with Gasteiger partial charge in [0.15, 0.2) is 5.78 Å². The van der Waals surface area contributed by atoms with Crippen LogP contribution in [0.15, 0.2) is 0 Å². The Hall–Kier alpha value is -0.990. The van der Waals surface area contributed by atoms with Gasteiger partial charge in [-0.15, -0.1) is 0 Å². The van der Waals surface area contributed by atoms with Crippen LogP contribution in [0.25, 0.3) is 0 Å². The molecule has 2 heterocycles. The molecule has 2 atom stereocenters. The summed E-state index contributed by atoms with van der Waals surface area (Å²) in [5, 5.41) is 9.48. The zero-order valence-corrected chi connectivity index (χ0v) is 12.9. The van der Waals surface area contributed by atoms with Crippen molar-refractivity contribution >= 4 is 21.8 Å². The molecule has 0 aromatic heterocycles. The van der Waals surface area contributed by atoms with Crippen LogP contribution in [0.2, 0.25) is 0 Å². The Morgan fingerprint density at radius 1 is 1.52 bits per heavy atom. The van der Waals surface area contributed by atoms with E-state index < -0.39 is 21.4 Å². The number of nitrogens with zero attached hydrogens (tertiary/aromatic N) is 1. The number of carbonyl (C=O) groups excluding carboxylic acids is 1. The molecular formula is C13H21NO6S. The van der Waals surface area contributed by atoms with Gasteiger partial charge in [0.1, 0.15) is 5.41 Å². The average molecular weight is 319 g/mol. The Kier molecular flexibility index (Phi) is 4.69. The highest BCUT2D eigenvalue weighted by molar-refractivity contribution is 7.88. The van der Waals surface area contributed by atoms with Gasteiger partial charge in [-0.25, -0.2) is 12.7 Å². The van der Waals surface area contributed by atoms with Crippen LogP contribution in [0.4, 0.5) is 0 Å². The number of ether oxygens (including phenoxy) is 1. The molecule has 0 bridgehead atoms. The minimum absolute atomic E-state index is 0.106. The number of sulfonamides is 1. The number of carboxylic acid groups (broad SMARTS) is 1. The molecule has 8 heteroatoms. The second-order valence-corrected chi connectivity index (χ2v) is 7.93. The van der Waals surface area contributed by atoms with Gasteiger partial charge < -0.3 is 9.84 Å². The van der Waals surface area contributed by atoms with E-state index in [-0.39, 0.29) is 44.3 Å². The lowest BCUT2D eigenvalue weighted by Gasteiger charge is -2.38. The molecule has 1 N–H and O–H groups in total. The number of rotatable bonds is 4. The maximum absolute atomic E-state index is 12.1. The van der Waals surface area contributed by atoms with Gasteiger partial charge in [0.2, 0.25) is 10.0 Å². The number of carboxylic acids is 1. The van der Waals surface area contributed by atoms with Crippen LogP contribution in [0, 0.1) is 11.3 Å². The molecule has 2 rings (SSSR count). The van der Waals surface area contributed by atoms with Crippen LogP contribution < -0.4 is 0 Å². The van der Waals surface area contributed by atoms with Crippen molar-refractivity contribution < 1.29 is 27.9 Å². The van der Waals surface area contributed by atoms with Crippen LogP contribution in [0.3, 0.4) is 0 Å². The second-order valence-electron chi connectivity index (χ2n) is 5.95. The van der Waals surface area contributed by atoms with Gasteiger partial charge in [-0.3, -0.25) is 9.59 Å². The fourth-order valence-corrected chi connectivity index (χ4v) is 4.10. The highest BCUT2D eigenvalue weighted by atomic mass is 32.2. The summed E-state index contributed by atoms with van der Waals surface area (Å²) < 4.78 is 29.8. The number of hydrogen-bond donors (Lipinski definition) is 1. The van der Waals surface area contributed by atoms with E-state index >= 15 is 0 Å². The summed E-state index contributed by atoms with van der Waals surface area (Å²) in [7, 11) is -3.28. The Labute approximate surface area is 124 Å². The van der Waals surface area contributed by atoms with Gasteiger partial charge in [0.05, 0.1) is 19.5 Å². The fourth-order valence-electron chi connectivity index (χ4n) is 3.16. The molecular weight excluding hydrogens is 298 g/mol. The maximum Gasteiger partial charge on any atom is 0.319 e. The monoisotopic (exact) mass is 319 g/mol. The minimum atomic E-state index is -3.28. The lowest BCUT2D eigenvalue weighted by atomic mass is 9.73. The predicted molar refractivity (Wildman–Crippen MR) is 74.3 cm³/mol. The lowest BCUT2D eigenvalue weighted by Crippen LogP contribution is -2.50. The van der Waals surface area contributed by atoms with Gasteiger partial charge in [-0.05, 0) is 25.2 Å². The molecule has 120 valence electrons. The van der Waals surface area contributed by atoms with Crippen molar-refractivity contribution in [1.29, 1.82) is 0 Å². The van der Waals surface area contributed by atoms with Crippen molar-refractivity contribution in [2.75, 3.05) is 32.6 Å². The summed E-state index contributed by atoms with van der Waals surface area (Å²) in [5.41, 5.74) is -1.51. The smallest absolute Gasteiger partial charge is 0.319 e. The van der Waals surface area contributed by atoms with Crippen LogP contribution in [0.1, 0.15) is 25.7 Å². The molecule has 0 spiro atoms. The molecule has 0 aliphatic carbocycles. The third-order valence-electron chi connectivity index (χ3n) is 4.35. The first-order valence-corrected chi connectivity index (χ1v) is 8.90. The van der Waals surface area contributed by atoms with E-state index in [0.717, 1.165) is 12.7 Å². The number of Topliss-reactive ketones (excluding diaryl/α,β-unsaturated/α-hetero) is 1. The minimum Gasteiger partial charge on any atom is -0.480 e. The molecule has 7 nitrogen and oxygen atoms in total. The number of aliphatic carboxylic acids is 1. The Morgan fingerprint density at radius 3 is 2.81 bits per heavy atom. The largest absolute Gasteiger partial charge is 0.480 e. The van der Waals surface area contributed by atoms with Crippen molar-refractivity contribution in [2.24, 2.45) is 11.3 Å². The second kappa shape index (κ2) is 6.02. The van der Waals surface area contributed by atoms with Crippen molar-refractivity contribution in [3.8, 4) is 0 Å². The Bertz CT molecular complexity index is 531. The molecule has 2 aliphatic rings. The van der Waals surface area contributed by atoms with Crippen LogP contribution >= 0.6 is 0 Å². The Morgan fingerprint density at radius 2 is 2.24 bits per heavy atom. The predicted octanol–water partition coefficient (Wildman–Crippen LogP) is 0.109. The number of ketones is 1. The van der Waals surface area contributed by atoms with Gasteiger partial charge in [0.25, 0.3) is 0 Å². The highest BCUT2D eigenvalue weighted by Crippen LogP contribution is 2.36. The van der Waals surface area contributed by atoms with Crippen molar-refractivity contribution in [2.45, 2.75) is 25.7 Å². The van der Waals surface area contributed by atoms with Crippen molar-refractivity contribution in [3.05, 3.63) is 0 Å². The summed E-state index contributed by atoms with van der Waals surface area (Å²) in [4.78, 5) is 23.7. The third kappa shape index (κ3) is 3.44. The Balaban J connectivity index is 2.14. The van der Waals surface area contributed by atoms with Gasteiger partial charge in [-0.2, -0.15) is 0 Å². The normalized spacial score (nSPS) is 32.0. The zero-order valence-electron chi connectivity index (χ0n) is 12.1. The van der Waals surface area contributed by atoms with E-state index in [1.165, 1.54) is 4.31 Å². The quantitative estimate of drug-likeness (QED) is 0.738. The summed E-state index contributed by atoms with van der Waals surface area (Å²) in [6.45, 7) is 0.880. The summed E-state index contributed by atoms with van der Waals surface area (Å²) in [6, 6.07) is 0. The van der Waals surface area contributed by atoms with E-state index in [4.69, 9.17) is 4.74 Å². The third-order valence-corrected chi connectivity index (χ3v) is 5.62. The van der Waals surface area contributed by atoms with Gasteiger partial charge in [-0.1, -0.05) is 0 Å². The van der Waals surface area contributed by atoms with E-state index in [0.29, 0.717) is 13.0 Å². The van der Waals surface area contributed by atoms with Crippen molar-refractivity contribution in [3.63, 3.8) is 0 Å². The summed E-state index contributed by atoms with van der Waals surface area (Å²) in [6.07, 6.45) is 2.82. The fraction of sp³-hybridized carbons (Fsp3) is 0.846. The number of hydrogen-bond acceptors (Lipinski definition) is 5. The molecule has 2 saturated heterocycles. The highest BCUT2D eigenvalue weighted by Gasteiger charge is 2.49. The number of piperidine rings is 1. The van der Waals surface area contributed by atoms with Crippen LogP contribution in [-0.4, -0.2) is 62.1 Å². The molecule has 0 saturated carbocycles. The zero-order chi connectivity index (χ0) is 15.7. The molecule has 0 aromatic carbocycles. The van der Waals surface area contributed by atoms with E-state index in [1.54, 1.807) is 0 Å². The van der Waals surface area contributed by atoms with E-state index in [2.05, 4.69) is 0 Å². The summed E-state index contributed by atoms with van der Waals surface area (Å²) >= 11 is 0.